The number of rotatable bonds is 5. The number of fused-ring (bicyclic) bond motifs is 1. The number of aryl methyl sites for hydroxylation is 1. The fraction of sp³-hybridized carbons (Fsp3) is 0.364. The smallest absolute Gasteiger partial charge is 0.254 e. The summed E-state index contributed by atoms with van der Waals surface area (Å²) in [7, 11) is 0. The fourth-order valence-electron chi connectivity index (χ4n) is 3.78. The first-order chi connectivity index (χ1) is 13.6. The molecule has 28 heavy (non-hydrogen) atoms. The maximum absolute atomic E-state index is 12.9. The Labute approximate surface area is 164 Å². The number of imidazole rings is 1. The molecule has 0 saturated carbocycles. The molecule has 1 fully saturated rings. The summed E-state index contributed by atoms with van der Waals surface area (Å²) in [6.07, 6.45) is 7.15. The maximum Gasteiger partial charge on any atom is 0.254 e. The Morgan fingerprint density at radius 3 is 3.00 bits per heavy atom. The van der Waals surface area contributed by atoms with Gasteiger partial charge in [0.05, 0.1) is 5.69 Å². The highest BCUT2D eigenvalue weighted by atomic mass is 16.5. The third-order valence-corrected chi connectivity index (χ3v) is 5.28. The van der Waals surface area contributed by atoms with Crippen molar-refractivity contribution in [3.8, 4) is 5.75 Å². The van der Waals surface area contributed by atoms with Crippen LogP contribution in [0.4, 0.5) is 0 Å². The van der Waals surface area contributed by atoms with E-state index in [1.807, 2.05) is 58.1 Å². The van der Waals surface area contributed by atoms with Crippen LogP contribution in [0.25, 0.3) is 5.65 Å². The van der Waals surface area contributed by atoms with E-state index >= 15 is 0 Å². The number of benzene rings is 1. The number of ether oxygens (including phenoxy) is 1. The minimum absolute atomic E-state index is 0.0313. The van der Waals surface area contributed by atoms with Crippen molar-refractivity contribution in [3.63, 3.8) is 0 Å². The predicted octanol–water partition coefficient (Wildman–Crippen LogP) is 3.18. The summed E-state index contributed by atoms with van der Waals surface area (Å²) in [4.78, 5) is 19.4. The van der Waals surface area contributed by atoms with E-state index in [2.05, 4.69) is 11.9 Å². The van der Waals surface area contributed by atoms with Gasteiger partial charge < -0.3 is 19.8 Å². The number of hydrogen-bond acceptors (Lipinski definition) is 4. The van der Waals surface area contributed by atoms with Crippen molar-refractivity contribution in [2.24, 2.45) is 5.73 Å². The van der Waals surface area contributed by atoms with Gasteiger partial charge in [0.2, 0.25) is 0 Å². The molecule has 0 bridgehead atoms. The van der Waals surface area contributed by atoms with Crippen LogP contribution < -0.4 is 10.5 Å². The van der Waals surface area contributed by atoms with Gasteiger partial charge in [0.15, 0.2) is 0 Å². The third-order valence-electron chi connectivity index (χ3n) is 5.28. The fourth-order valence-corrected chi connectivity index (χ4v) is 3.78. The molecule has 1 unspecified atom stereocenters. The summed E-state index contributed by atoms with van der Waals surface area (Å²) in [5, 5.41) is 0. The summed E-state index contributed by atoms with van der Waals surface area (Å²) in [5.41, 5.74) is 9.43. The molecular formula is C22H26N4O2. The molecule has 6 nitrogen and oxygen atoms in total. The molecule has 6 heteroatoms. The second-order valence-electron chi connectivity index (χ2n) is 7.40. The summed E-state index contributed by atoms with van der Waals surface area (Å²) in [6, 6.07) is 11.5. The molecular weight excluding hydrogens is 352 g/mol. The largest absolute Gasteiger partial charge is 0.487 e. The predicted molar refractivity (Wildman–Crippen MR) is 108 cm³/mol. The number of hydrogen-bond donors (Lipinski definition) is 1. The van der Waals surface area contributed by atoms with Crippen molar-refractivity contribution in [2.45, 2.75) is 38.8 Å². The van der Waals surface area contributed by atoms with E-state index in [-0.39, 0.29) is 11.9 Å². The quantitative estimate of drug-likeness (QED) is 0.740. The van der Waals surface area contributed by atoms with E-state index in [9.17, 15) is 4.79 Å². The van der Waals surface area contributed by atoms with Crippen molar-refractivity contribution in [1.29, 1.82) is 0 Å². The van der Waals surface area contributed by atoms with Gasteiger partial charge in [0.1, 0.15) is 18.0 Å². The average molecular weight is 378 g/mol. The number of likely N-dealkylation sites (tertiary alicyclic amines) is 1. The minimum Gasteiger partial charge on any atom is -0.487 e. The van der Waals surface area contributed by atoms with E-state index < -0.39 is 0 Å². The van der Waals surface area contributed by atoms with Crippen molar-refractivity contribution in [1.82, 2.24) is 14.3 Å². The molecule has 3 heterocycles. The van der Waals surface area contributed by atoms with Crippen LogP contribution in [0.15, 0.2) is 48.8 Å². The van der Waals surface area contributed by atoms with Gasteiger partial charge in [-0.1, -0.05) is 12.1 Å². The molecule has 0 aliphatic carbocycles. The lowest BCUT2D eigenvalue weighted by Crippen LogP contribution is -2.47. The van der Waals surface area contributed by atoms with Gasteiger partial charge >= 0.3 is 0 Å². The van der Waals surface area contributed by atoms with Crippen LogP contribution in [-0.2, 0) is 6.61 Å². The van der Waals surface area contributed by atoms with E-state index in [1.165, 1.54) is 5.56 Å². The molecule has 1 saturated heterocycles. The second kappa shape index (κ2) is 8.02. The van der Waals surface area contributed by atoms with Crippen molar-refractivity contribution >= 4 is 11.6 Å². The molecule has 1 aliphatic rings. The van der Waals surface area contributed by atoms with Gasteiger partial charge in [-0.2, -0.15) is 0 Å². The first kappa shape index (κ1) is 18.5. The Hall–Kier alpha value is -2.86. The monoisotopic (exact) mass is 378 g/mol. The van der Waals surface area contributed by atoms with Gasteiger partial charge in [-0.25, -0.2) is 4.98 Å². The maximum atomic E-state index is 12.9. The Morgan fingerprint density at radius 2 is 2.14 bits per heavy atom. The van der Waals surface area contributed by atoms with Crippen LogP contribution in [0.3, 0.4) is 0 Å². The summed E-state index contributed by atoms with van der Waals surface area (Å²) in [6.45, 7) is 3.69. The van der Waals surface area contributed by atoms with Crippen LogP contribution in [0.2, 0.25) is 0 Å². The van der Waals surface area contributed by atoms with E-state index in [4.69, 9.17) is 10.5 Å². The first-order valence-corrected chi connectivity index (χ1v) is 9.82. The number of piperidine rings is 1. The number of nitrogens with two attached hydrogens (primary N) is 1. The summed E-state index contributed by atoms with van der Waals surface area (Å²) >= 11 is 0. The Bertz CT molecular complexity index is 982. The molecule has 3 aromatic rings. The Balaban J connectivity index is 1.46. The lowest BCUT2D eigenvalue weighted by Gasteiger charge is -2.35. The lowest BCUT2D eigenvalue weighted by molar-refractivity contribution is 0.0623. The number of carbonyl (C=O) groups is 1. The number of nitrogens with zero attached hydrogens (tertiary/aromatic N) is 3. The Morgan fingerprint density at radius 1 is 1.25 bits per heavy atom. The van der Waals surface area contributed by atoms with Crippen LogP contribution >= 0.6 is 0 Å². The van der Waals surface area contributed by atoms with E-state index in [0.717, 1.165) is 37.1 Å². The molecule has 1 amide bonds. The average Bonchev–Trinajstić information content (AvgIpc) is 3.14. The molecule has 146 valence electrons. The van der Waals surface area contributed by atoms with Gasteiger partial charge in [-0.05, 0) is 56.0 Å². The zero-order valence-electron chi connectivity index (χ0n) is 16.2. The molecule has 2 N–H and O–H groups in total. The number of pyridine rings is 1. The van der Waals surface area contributed by atoms with Gasteiger partial charge in [-0.15, -0.1) is 0 Å². The van der Waals surface area contributed by atoms with Crippen LogP contribution in [0, 0.1) is 6.92 Å². The minimum atomic E-state index is 0.0313. The van der Waals surface area contributed by atoms with Gasteiger partial charge in [0, 0.05) is 37.1 Å². The zero-order valence-corrected chi connectivity index (χ0v) is 16.2. The number of carbonyl (C=O) groups excluding carboxylic acids is 1. The Kier molecular flexibility index (Phi) is 5.30. The van der Waals surface area contributed by atoms with Gasteiger partial charge in [0.25, 0.3) is 5.91 Å². The normalized spacial score (nSPS) is 17.1. The van der Waals surface area contributed by atoms with Crippen molar-refractivity contribution in [2.75, 3.05) is 13.1 Å². The molecule has 0 radical (unpaired) electrons. The summed E-state index contributed by atoms with van der Waals surface area (Å²) in [5.74, 6) is 0.698. The standard InChI is InChI=1S/C22H26N4O2/c1-16-8-9-21-24-18(14-25(21)13-16)15-28-20-7-4-5-17(11-20)22(27)26-10-3-2-6-19(26)12-23/h4-5,7-9,11,13-14,19H,2-3,6,10,12,15,23H2,1H3. The highest BCUT2D eigenvalue weighted by molar-refractivity contribution is 5.94. The molecule has 1 aliphatic heterocycles. The molecule has 4 rings (SSSR count). The molecule has 0 spiro atoms. The SMILES string of the molecule is Cc1ccc2nc(COc3cccc(C(=O)N4CCCCC4CN)c3)cn2c1. The van der Waals surface area contributed by atoms with E-state index in [0.29, 0.717) is 24.5 Å². The highest BCUT2D eigenvalue weighted by Gasteiger charge is 2.26. The van der Waals surface area contributed by atoms with Crippen LogP contribution in [-0.4, -0.2) is 39.3 Å². The van der Waals surface area contributed by atoms with Crippen LogP contribution in [0.1, 0.15) is 40.9 Å². The first-order valence-electron chi connectivity index (χ1n) is 9.82. The zero-order chi connectivity index (χ0) is 19.5. The lowest BCUT2D eigenvalue weighted by atomic mass is 10.0. The highest BCUT2D eigenvalue weighted by Crippen LogP contribution is 2.22. The number of aromatic nitrogens is 2. The molecule has 1 atom stereocenters. The van der Waals surface area contributed by atoms with Gasteiger partial charge in [-0.3, -0.25) is 4.79 Å². The third kappa shape index (κ3) is 3.87. The van der Waals surface area contributed by atoms with E-state index in [1.54, 1.807) is 0 Å². The topological polar surface area (TPSA) is 72.9 Å². The summed E-state index contributed by atoms with van der Waals surface area (Å²) < 4.78 is 7.91. The van der Waals surface area contributed by atoms with Crippen molar-refractivity contribution in [3.05, 3.63) is 65.6 Å². The second-order valence-corrected chi connectivity index (χ2v) is 7.40. The van der Waals surface area contributed by atoms with Crippen LogP contribution in [0.5, 0.6) is 5.75 Å². The number of amides is 1. The molecule has 2 aromatic heterocycles. The van der Waals surface area contributed by atoms with Crippen molar-refractivity contribution < 1.29 is 9.53 Å². The molecule has 1 aromatic carbocycles.